The predicted octanol–water partition coefficient (Wildman–Crippen LogP) is 0.186. The minimum absolute atomic E-state index is 0.0716. The van der Waals surface area contributed by atoms with Crippen LogP contribution in [0.15, 0.2) is 33.9 Å². The van der Waals surface area contributed by atoms with E-state index in [1.807, 2.05) is 25.1 Å². The maximum Gasteiger partial charge on any atom is 0.331 e. The van der Waals surface area contributed by atoms with E-state index in [1.54, 1.807) is 0 Å². The van der Waals surface area contributed by atoms with Crippen LogP contribution >= 0.6 is 0 Å². The van der Waals surface area contributed by atoms with E-state index in [2.05, 4.69) is 15.2 Å². The van der Waals surface area contributed by atoms with Gasteiger partial charge in [0, 0.05) is 45.0 Å². The van der Waals surface area contributed by atoms with Crippen LogP contribution in [0.25, 0.3) is 0 Å². The summed E-state index contributed by atoms with van der Waals surface area (Å²) < 4.78 is 2.17. The highest BCUT2D eigenvalue weighted by atomic mass is 16.2. The molecule has 1 aliphatic heterocycles. The van der Waals surface area contributed by atoms with Crippen molar-refractivity contribution in [2.24, 2.45) is 14.1 Å². The van der Waals surface area contributed by atoms with Gasteiger partial charge >= 0.3 is 5.69 Å². The molecule has 0 bridgehead atoms. The number of aryl methyl sites for hydroxylation is 1. The van der Waals surface area contributed by atoms with E-state index in [9.17, 15) is 14.4 Å². The van der Waals surface area contributed by atoms with E-state index in [1.165, 1.54) is 24.7 Å². The summed E-state index contributed by atoms with van der Waals surface area (Å²) in [4.78, 5) is 43.1. The molecule has 0 aromatic carbocycles. The fraction of sp³-hybridized carbons (Fsp3) is 0.444. The third-order valence-electron chi connectivity index (χ3n) is 4.71. The van der Waals surface area contributed by atoms with Crippen molar-refractivity contribution in [3.63, 3.8) is 0 Å². The topological polar surface area (TPSA) is 89.2 Å². The van der Waals surface area contributed by atoms with Gasteiger partial charge in [0.2, 0.25) is 0 Å². The minimum Gasteiger partial charge on any atom is -0.355 e. The summed E-state index contributed by atoms with van der Waals surface area (Å²) >= 11 is 0. The lowest BCUT2D eigenvalue weighted by Crippen LogP contribution is -2.49. The summed E-state index contributed by atoms with van der Waals surface area (Å²) in [6.45, 7) is 3.47. The van der Waals surface area contributed by atoms with Crippen LogP contribution in [0.3, 0.4) is 0 Å². The first-order valence-electron chi connectivity index (χ1n) is 8.63. The molecule has 8 nitrogen and oxygen atoms in total. The first-order valence-corrected chi connectivity index (χ1v) is 8.63. The standard InChI is InChI=1S/C18H23N5O3/c1-12-6-4-8-15(19-12)23-9-5-7-13(11-23)20-17(25)14-10-16(24)22(3)18(26)21(14)2/h4,6,8,10,13H,5,7,9,11H2,1-3H3,(H,20,25)/t13-/m0/s1. The van der Waals surface area contributed by atoms with Gasteiger partial charge in [-0.1, -0.05) is 6.07 Å². The van der Waals surface area contributed by atoms with E-state index < -0.39 is 17.2 Å². The van der Waals surface area contributed by atoms with Gasteiger partial charge in [-0.2, -0.15) is 0 Å². The maximum absolute atomic E-state index is 12.6. The largest absolute Gasteiger partial charge is 0.355 e. The number of anilines is 1. The van der Waals surface area contributed by atoms with Crippen molar-refractivity contribution in [1.29, 1.82) is 0 Å². The average molecular weight is 357 g/mol. The molecule has 3 rings (SSSR count). The molecule has 0 aliphatic carbocycles. The molecule has 2 aromatic heterocycles. The molecule has 1 atom stereocenters. The molecule has 1 aliphatic rings. The zero-order valence-electron chi connectivity index (χ0n) is 15.2. The van der Waals surface area contributed by atoms with Gasteiger partial charge in [-0.15, -0.1) is 0 Å². The summed E-state index contributed by atoms with van der Waals surface area (Å²) in [6.07, 6.45) is 1.77. The number of rotatable bonds is 3. The third kappa shape index (κ3) is 3.54. The van der Waals surface area contributed by atoms with Crippen LogP contribution < -0.4 is 21.5 Å². The summed E-state index contributed by atoms with van der Waals surface area (Å²) in [6, 6.07) is 7.00. The molecular weight excluding hydrogens is 334 g/mol. The Bertz CT molecular complexity index is 947. The quantitative estimate of drug-likeness (QED) is 0.847. The summed E-state index contributed by atoms with van der Waals surface area (Å²) in [5.41, 5.74) is 0.0112. The lowest BCUT2D eigenvalue weighted by molar-refractivity contribution is 0.0922. The molecule has 138 valence electrons. The normalized spacial score (nSPS) is 17.2. The number of carbonyl (C=O) groups is 1. The molecule has 0 unspecified atom stereocenters. The number of hydrogen-bond acceptors (Lipinski definition) is 5. The highest BCUT2D eigenvalue weighted by Gasteiger charge is 2.24. The second kappa shape index (κ2) is 7.15. The number of aromatic nitrogens is 3. The fourth-order valence-electron chi connectivity index (χ4n) is 3.22. The Morgan fingerprint density at radius 1 is 1.23 bits per heavy atom. The number of carbonyl (C=O) groups excluding carboxylic acids is 1. The second-order valence-electron chi connectivity index (χ2n) is 6.66. The highest BCUT2D eigenvalue weighted by molar-refractivity contribution is 5.92. The van der Waals surface area contributed by atoms with Crippen molar-refractivity contribution in [3.05, 3.63) is 56.5 Å². The smallest absolute Gasteiger partial charge is 0.331 e. The number of amides is 1. The zero-order chi connectivity index (χ0) is 18.8. The lowest BCUT2D eigenvalue weighted by Gasteiger charge is -2.34. The van der Waals surface area contributed by atoms with E-state index >= 15 is 0 Å². The Labute approximate surface area is 151 Å². The van der Waals surface area contributed by atoms with Crippen LogP contribution in [0.5, 0.6) is 0 Å². The highest BCUT2D eigenvalue weighted by Crippen LogP contribution is 2.18. The van der Waals surface area contributed by atoms with Gasteiger partial charge in [0.15, 0.2) is 0 Å². The SMILES string of the molecule is Cc1cccc(N2CCC[C@H](NC(=O)c3cc(=O)n(C)c(=O)n3C)C2)n1. The summed E-state index contributed by atoms with van der Waals surface area (Å²) in [5.74, 6) is 0.483. The second-order valence-corrected chi connectivity index (χ2v) is 6.66. The molecule has 0 spiro atoms. The number of pyridine rings is 1. The van der Waals surface area contributed by atoms with Gasteiger partial charge in [0.1, 0.15) is 11.5 Å². The van der Waals surface area contributed by atoms with Crippen molar-refractivity contribution in [2.75, 3.05) is 18.0 Å². The van der Waals surface area contributed by atoms with Gasteiger partial charge in [-0.05, 0) is 31.9 Å². The third-order valence-corrected chi connectivity index (χ3v) is 4.71. The molecule has 1 saturated heterocycles. The van der Waals surface area contributed by atoms with Gasteiger partial charge in [0.05, 0.1) is 0 Å². The van der Waals surface area contributed by atoms with Crippen LogP contribution in [0.2, 0.25) is 0 Å². The predicted molar refractivity (Wildman–Crippen MR) is 98.6 cm³/mol. The number of hydrogen-bond donors (Lipinski definition) is 1. The first-order chi connectivity index (χ1) is 12.4. The molecular formula is C18H23N5O3. The molecule has 1 N–H and O–H groups in total. The van der Waals surface area contributed by atoms with E-state index in [0.717, 1.165) is 35.5 Å². The molecule has 26 heavy (non-hydrogen) atoms. The Morgan fingerprint density at radius 2 is 2.00 bits per heavy atom. The van der Waals surface area contributed by atoms with Gasteiger partial charge in [-0.3, -0.25) is 18.7 Å². The van der Waals surface area contributed by atoms with Crippen LogP contribution in [0.4, 0.5) is 5.82 Å². The molecule has 1 amide bonds. The van der Waals surface area contributed by atoms with Crippen LogP contribution in [-0.2, 0) is 14.1 Å². The Morgan fingerprint density at radius 3 is 2.73 bits per heavy atom. The van der Waals surface area contributed by atoms with E-state index in [0.29, 0.717) is 6.54 Å². The fourth-order valence-corrected chi connectivity index (χ4v) is 3.22. The first kappa shape index (κ1) is 17.9. The molecule has 8 heteroatoms. The Hall–Kier alpha value is -2.90. The number of piperidine rings is 1. The molecule has 3 heterocycles. The van der Waals surface area contributed by atoms with Crippen molar-refractivity contribution < 1.29 is 4.79 Å². The van der Waals surface area contributed by atoms with Crippen molar-refractivity contribution >= 4 is 11.7 Å². The number of nitrogens with one attached hydrogen (secondary N) is 1. The van der Waals surface area contributed by atoms with Crippen LogP contribution in [0.1, 0.15) is 29.0 Å². The zero-order valence-corrected chi connectivity index (χ0v) is 15.2. The minimum atomic E-state index is -0.517. The molecule has 0 radical (unpaired) electrons. The monoisotopic (exact) mass is 357 g/mol. The van der Waals surface area contributed by atoms with Crippen molar-refractivity contribution in [2.45, 2.75) is 25.8 Å². The average Bonchev–Trinajstić information content (AvgIpc) is 2.63. The van der Waals surface area contributed by atoms with E-state index in [4.69, 9.17) is 0 Å². The molecule has 0 saturated carbocycles. The van der Waals surface area contributed by atoms with Crippen molar-refractivity contribution in [1.82, 2.24) is 19.4 Å². The summed E-state index contributed by atoms with van der Waals surface area (Å²) in [5, 5.41) is 2.95. The van der Waals surface area contributed by atoms with Crippen LogP contribution in [0, 0.1) is 6.92 Å². The lowest BCUT2D eigenvalue weighted by atomic mass is 10.1. The molecule has 1 fully saturated rings. The maximum atomic E-state index is 12.6. The Balaban J connectivity index is 1.76. The van der Waals surface area contributed by atoms with Gasteiger partial charge in [-0.25, -0.2) is 9.78 Å². The number of nitrogens with zero attached hydrogens (tertiary/aromatic N) is 4. The van der Waals surface area contributed by atoms with Crippen molar-refractivity contribution in [3.8, 4) is 0 Å². The van der Waals surface area contributed by atoms with Gasteiger partial charge < -0.3 is 10.2 Å². The van der Waals surface area contributed by atoms with Gasteiger partial charge in [0.25, 0.3) is 11.5 Å². The Kier molecular flexibility index (Phi) is 4.92. The molecule has 2 aromatic rings. The van der Waals surface area contributed by atoms with Crippen LogP contribution in [-0.4, -0.2) is 39.2 Å². The van der Waals surface area contributed by atoms with E-state index in [-0.39, 0.29) is 11.7 Å². The summed E-state index contributed by atoms with van der Waals surface area (Å²) in [7, 11) is 2.88.